The highest BCUT2D eigenvalue weighted by Crippen LogP contribution is 2.32. The SMILES string of the molecule is O=C(Nc1cncc(C(F)(F)F)c1)c1csc2c1CCN(C(=O)c1cnn3ccsc13)C2. The first-order valence-electron chi connectivity index (χ1n) is 9.44. The average molecular weight is 477 g/mol. The molecule has 0 saturated carbocycles. The summed E-state index contributed by atoms with van der Waals surface area (Å²) in [7, 11) is 0. The van der Waals surface area contributed by atoms with Crippen molar-refractivity contribution in [2.45, 2.75) is 19.1 Å². The van der Waals surface area contributed by atoms with Gasteiger partial charge in [0.2, 0.25) is 0 Å². The lowest BCUT2D eigenvalue weighted by atomic mass is 10.0. The molecule has 12 heteroatoms. The highest BCUT2D eigenvalue weighted by atomic mass is 32.1. The second kappa shape index (κ2) is 7.71. The lowest BCUT2D eigenvalue weighted by Gasteiger charge is -2.27. The van der Waals surface area contributed by atoms with Crippen LogP contribution in [-0.2, 0) is 19.1 Å². The molecule has 0 unspecified atom stereocenters. The van der Waals surface area contributed by atoms with Gasteiger partial charge in [-0.2, -0.15) is 18.3 Å². The molecule has 7 nitrogen and oxygen atoms in total. The summed E-state index contributed by atoms with van der Waals surface area (Å²) < 4.78 is 40.3. The number of halogens is 3. The summed E-state index contributed by atoms with van der Waals surface area (Å²) in [6.45, 7) is 0.788. The van der Waals surface area contributed by atoms with Crippen molar-refractivity contribution < 1.29 is 22.8 Å². The molecule has 0 fully saturated rings. The van der Waals surface area contributed by atoms with E-state index < -0.39 is 17.6 Å². The fourth-order valence-corrected chi connectivity index (χ4v) is 5.48. The first kappa shape index (κ1) is 20.6. The van der Waals surface area contributed by atoms with Crippen molar-refractivity contribution in [2.24, 2.45) is 0 Å². The molecule has 32 heavy (non-hydrogen) atoms. The highest BCUT2D eigenvalue weighted by molar-refractivity contribution is 7.16. The Balaban J connectivity index is 1.33. The molecule has 2 amide bonds. The van der Waals surface area contributed by atoms with Crippen LogP contribution in [-0.4, -0.2) is 37.9 Å². The van der Waals surface area contributed by atoms with E-state index in [4.69, 9.17) is 0 Å². The van der Waals surface area contributed by atoms with Crippen molar-refractivity contribution in [1.29, 1.82) is 0 Å². The van der Waals surface area contributed by atoms with Crippen LogP contribution in [0.3, 0.4) is 0 Å². The minimum absolute atomic E-state index is 0.0291. The number of nitrogens with zero attached hydrogens (tertiary/aromatic N) is 4. The van der Waals surface area contributed by atoms with Crippen LogP contribution in [0.5, 0.6) is 0 Å². The Hall–Kier alpha value is -3.25. The maximum absolute atomic E-state index is 13.0. The molecule has 5 rings (SSSR count). The van der Waals surface area contributed by atoms with Crippen LogP contribution in [0.4, 0.5) is 18.9 Å². The van der Waals surface area contributed by atoms with Gasteiger partial charge in [-0.3, -0.25) is 14.6 Å². The summed E-state index contributed by atoms with van der Waals surface area (Å²) in [5.41, 5.74) is 0.791. The number of rotatable bonds is 3. The molecule has 0 aromatic carbocycles. The van der Waals surface area contributed by atoms with Gasteiger partial charge < -0.3 is 10.2 Å². The Kier molecular flexibility index (Phi) is 4.97. The normalized spacial score (nSPS) is 13.9. The van der Waals surface area contributed by atoms with Gasteiger partial charge in [-0.15, -0.1) is 22.7 Å². The molecule has 0 aliphatic carbocycles. The Morgan fingerprint density at radius 3 is 2.78 bits per heavy atom. The molecule has 0 spiro atoms. The summed E-state index contributed by atoms with van der Waals surface area (Å²) in [6, 6.07) is 0.849. The number of thiazole rings is 1. The van der Waals surface area contributed by atoms with Gasteiger partial charge in [-0.1, -0.05) is 0 Å². The fraction of sp³-hybridized carbons (Fsp3) is 0.200. The van der Waals surface area contributed by atoms with Crippen molar-refractivity contribution >= 4 is 45.0 Å². The number of fused-ring (bicyclic) bond motifs is 2. The second-order valence-electron chi connectivity index (χ2n) is 7.15. The zero-order chi connectivity index (χ0) is 22.5. The Morgan fingerprint density at radius 2 is 1.97 bits per heavy atom. The number of carbonyl (C=O) groups is 2. The van der Waals surface area contributed by atoms with Gasteiger partial charge in [0.15, 0.2) is 0 Å². The zero-order valence-corrected chi connectivity index (χ0v) is 17.9. The van der Waals surface area contributed by atoms with E-state index in [2.05, 4.69) is 15.4 Å². The van der Waals surface area contributed by atoms with Crippen molar-refractivity contribution in [2.75, 3.05) is 11.9 Å². The van der Waals surface area contributed by atoms with E-state index in [0.717, 1.165) is 21.3 Å². The number of carbonyl (C=O) groups excluding carboxylic acids is 2. The number of hydrogen-bond donors (Lipinski definition) is 1. The quantitative estimate of drug-likeness (QED) is 0.477. The van der Waals surface area contributed by atoms with Gasteiger partial charge in [0, 0.05) is 34.6 Å². The topological polar surface area (TPSA) is 79.6 Å². The lowest BCUT2D eigenvalue weighted by molar-refractivity contribution is -0.137. The van der Waals surface area contributed by atoms with E-state index in [9.17, 15) is 22.8 Å². The van der Waals surface area contributed by atoms with Gasteiger partial charge in [-0.05, 0) is 18.1 Å². The van der Waals surface area contributed by atoms with E-state index in [1.165, 1.54) is 28.9 Å². The molecule has 0 radical (unpaired) electrons. The first-order chi connectivity index (χ1) is 15.3. The van der Waals surface area contributed by atoms with Gasteiger partial charge in [0.1, 0.15) is 4.83 Å². The maximum atomic E-state index is 13.0. The van der Waals surface area contributed by atoms with Crippen molar-refractivity contribution in [3.8, 4) is 0 Å². The van der Waals surface area contributed by atoms with Crippen LogP contribution >= 0.6 is 22.7 Å². The average Bonchev–Trinajstić information content (AvgIpc) is 3.48. The molecule has 1 aliphatic heterocycles. The summed E-state index contributed by atoms with van der Waals surface area (Å²) in [5, 5.41) is 10.2. The summed E-state index contributed by atoms with van der Waals surface area (Å²) in [4.78, 5) is 32.6. The third-order valence-electron chi connectivity index (χ3n) is 5.16. The number of pyridine rings is 1. The van der Waals surface area contributed by atoms with E-state index >= 15 is 0 Å². The predicted molar refractivity (Wildman–Crippen MR) is 113 cm³/mol. The molecule has 4 aromatic heterocycles. The van der Waals surface area contributed by atoms with Crippen molar-refractivity contribution in [1.82, 2.24) is 19.5 Å². The third-order valence-corrected chi connectivity index (χ3v) is 7.07. The van der Waals surface area contributed by atoms with Crippen LogP contribution in [0, 0.1) is 0 Å². The molecule has 4 aromatic rings. The molecule has 0 bridgehead atoms. The minimum Gasteiger partial charge on any atom is -0.333 e. The summed E-state index contributed by atoms with van der Waals surface area (Å²) in [6.07, 6.45) is 1.15. The first-order valence-corrected chi connectivity index (χ1v) is 11.2. The molecule has 1 aliphatic rings. The number of amides is 2. The van der Waals surface area contributed by atoms with E-state index in [0.29, 0.717) is 36.8 Å². The largest absolute Gasteiger partial charge is 0.417 e. The monoisotopic (exact) mass is 477 g/mol. The number of hydrogen-bond acceptors (Lipinski definition) is 6. The lowest BCUT2D eigenvalue weighted by Crippen LogP contribution is -2.35. The molecular weight excluding hydrogens is 463 g/mol. The maximum Gasteiger partial charge on any atom is 0.417 e. The predicted octanol–water partition coefficient (Wildman–Crippen LogP) is 4.32. The van der Waals surface area contributed by atoms with Crippen molar-refractivity contribution in [3.05, 3.63) is 68.7 Å². The molecular formula is C20H14F3N5O2S2. The van der Waals surface area contributed by atoms with Crippen LogP contribution in [0.1, 0.15) is 36.7 Å². The molecule has 5 heterocycles. The number of alkyl halides is 3. The zero-order valence-electron chi connectivity index (χ0n) is 16.2. The van der Waals surface area contributed by atoms with Gasteiger partial charge in [0.25, 0.3) is 11.8 Å². The van der Waals surface area contributed by atoms with Crippen LogP contribution in [0.25, 0.3) is 4.83 Å². The van der Waals surface area contributed by atoms with E-state index in [1.807, 2.05) is 5.38 Å². The Bertz CT molecular complexity index is 1340. The minimum atomic E-state index is -4.55. The van der Waals surface area contributed by atoms with Gasteiger partial charge >= 0.3 is 6.18 Å². The number of anilines is 1. The number of nitrogens with one attached hydrogen (secondary N) is 1. The Morgan fingerprint density at radius 1 is 1.12 bits per heavy atom. The smallest absolute Gasteiger partial charge is 0.333 e. The van der Waals surface area contributed by atoms with Crippen LogP contribution < -0.4 is 5.32 Å². The van der Waals surface area contributed by atoms with Gasteiger partial charge in [0.05, 0.1) is 41.3 Å². The second-order valence-corrected chi connectivity index (χ2v) is 9.01. The Labute approximate surface area is 187 Å². The number of aromatic nitrogens is 3. The molecule has 0 atom stereocenters. The number of thiophene rings is 1. The van der Waals surface area contributed by atoms with Crippen LogP contribution in [0.15, 0.2) is 41.6 Å². The van der Waals surface area contributed by atoms with Crippen LogP contribution in [0.2, 0.25) is 0 Å². The van der Waals surface area contributed by atoms with E-state index in [1.54, 1.807) is 27.2 Å². The summed E-state index contributed by atoms with van der Waals surface area (Å²) in [5.74, 6) is -0.622. The molecule has 0 saturated heterocycles. The van der Waals surface area contributed by atoms with Gasteiger partial charge in [-0.25, -0.2) is 4.52 Å². The van der Waals surface area contributed by atoms with E-state index in [-0.39, 0.29) is 11.6 Å². The highest BCUT2D eigenvalue weighted by Gasteiger charge is 2.32. The third kappa shape index (κ3) is 3.65. The summed E-state index contributed by atoms with van der Waals surface area (Å²) >= 11 is 2.79. The molecule has 1 N–H and O–H groups in total. The fourth-order valence-electron chi connectivity index (χ4n) is 3.60. The molecule has 164 valence electrons. The standard InChI is InChI=1S/C20H14F3N5O2S2/c21-20(22,23)11-5-12(7-24-6-11)26-17(29)15-10-32-16-9-27(2-1-13(15)16)18(30)14-8-25-28-3-4-31-19(14)28/h3-8,10H,1-2,9H2,(H,26,29). The van der Waals surface area contributed by atoms with Crippen molar-refractivity contribution in [3.63, 3.8) is 0 Å².